The molecule has 1 amide bonds. The van der Waals surface area contributed by atoms with E-state index in [2.05, 4.69) is 10.6 Å². The topological polar surface area (TPSA) is 70.6 Å². The molecule has 0 radical (unpaired) electrons. The highest BCUT2D eigenvalue weighted by Crippen LogP contribution is 2.33. The molecule has 2 heterocycles. The Labute approximate surface area is 153 Å². The summed E-state index contributed by atoms with van der Waals surface area (Å²) in [6, 6.07) is 13.3. The lowest BCUT2D eigenvalue weighted by atomic mass is 9.83. The quantitative estimate of drug-likeness (QED) is 0.791. The molecule has 0 aliphatic carbocycles. The Hall–Kier alpha value is -2.53. The summed E-state index contributed by atoms with van der Waals surface area (Å²) in [5, 5.41) is 15.9. The summed E-state index contributed by atoms with van der Waals surface area (Å²) in [7, 11) is 0. The average molecular weight is 352 g/mol. The first-order valence-electron chi connectivity index (χ1n) is 9.24. The van der Waals surface area contributed by atoms with E-state index in [1.807, 2.05) is 30.3 Å². The molecular formula is C21H24N2O3. The van der Waals surface area contributed by atoms with Crippen LogP contribution in [-0.2, 0) is 6.54 Å². The standard InChI is InChI=1S/C21H24N2O3/c24-17-4-1-14(2-5-17)19-8-10-22-9-7-16(19)13-26-18-6-3-15-12-23-21(25)20(15)11-18/h1-6,11,16,19,22,24H,7-10,12-13H2,(H,23,25)/t16-,19-/m0/s1. The van der Waals surface area contributed by atoms with Gasteiger partial charge in [0, 0.05) is 18.0 Å². The third-order valence-electron chi connectivity index (χ3n) is 5.44. The van der Waals surface area contributed by atoms with Gasteiger partial charge in [0.1, 0.15) is 11.5 Å². The molecule has 136 valence electrons. The zero-order valence-corrected chi connectivity index (χ0v) is 14.7. The van der Waals surface area contributed by atoms with E-state index in [-0.39, 0.29) is 5.91 Å². The fourth-order valence-electron chi connectivity index (χ4n) is 3.95. The molecule has 1 saturated heterocycles. The van der Waals surface area contributed by atoms with E-state index in [4.69, 9.17) is 4.74 Å². The van der Waals surface area contributed by atoms with E-state index in [0.717, 1.165) is 42.8 Å². The number of carbonyl (C=O) groups is 1. The van der Waals surface area contributed by atoms with Crippen LogP contribution in [0.2, 0.25) is 0 Å². The number of phenols is 1. The number of rotatable bonds is 4. The Morgan fingerprint density at radius 2 is 1.88 bits per heavy atom. The van der Waals surface area contributed by atoms with Gasteiger partial charge in [0.2, 0.25) is 0 Å². The van der Waals surface area contributed by atoms with Crippen molar-refractivity contribution in [2.75, 3.05) is 19.7 Å². The van der Waals surface area contributed by atoms with E-state index in [9.17, 15) is 9.90 Å². The summed E-state index contributed by atoms with van der Waals surface area (Å²) in [6.07, 6.45) is 2.09. The molecule has 5 nitrogen and oxygen atoms in total. The van der Waals surface area contributed by atoms with Crippen molar-refractivity contribution in [3.8, 4) is 11.5 Å². The lowest BCUT2D eigenvalue weighted by molar-refractivity contribution is 0.0965. The van der Waals surface area contributed by atoms with Crippen LogP contribution < -0.4 is 15.4 Å². The number of phenolic OH excluding ortho intramolecular Hbond substituents is 1. The van der Waals surface area contributed by atoms with Crippen LogP contribution >= 0.6 is 0 Å². The minimum absolute atomic E-state index is 0.0221. The van der Waals surface area contributed by atoms with Gasteiger partial charge in [-0.2, -0.15) is 0 Å². The summed E-state index contributed by atoms with van der Waals surface area (Å²) >= 11 is 0. The van der Waals surface area contributed by atoms with Crippen molar-refractivity contribution in [1.82, 2.24) is 10.6 Å². The van der Waals surface area contributed by atoms with Crippen LogP contribution in [0.3, 0.4) is 0 Å². The average Bonchev–Trinajstić information content (AvgIpc) is 2.88. The van der Waals surface area contributed by atoms with E-state index in [1.165, 1.54) is 5.56 Å². The smallest absolute Gasteiger partial charge is 0.252 e. The largest absolute Gasteiger partial charge is 0.508 e. The molecule has 4 rings (SSSR count). The highest BCUT2D eigenvalue weighted by Gasteiger charge is 2.26. The second-order valence-corrected chi connectivity index (χ2v) is 7.10. The third-order valence-corrected chi connectivity index (χ3v) is 5.44. The molecule has 0 bridgehead atoms. The number of carbonyl (C=O) groups excluding carboxylic acids is 1. The van der Waals surface area contributed by atoms with E-state index in [0.29, 0.717) is 30.7 Å². The van der Waals surface area contributed by atoms with Gasteiger partial charge in [-0.15, -0.1) is 0 Å². The van der Waals surface area contributed by atoms with Gasteiger partial charge >= 0.3 is 0 Å². The second-order valence-electron chi connectivity index (χ2n) is 7.10. The fourth-order valence-corrected chi connectivity index (χ4v) is 3.95. The normalized spacial score (nSPS) is 22.4. The lowest BCUT2D eigenvalue weighted by Gasteiger charge is -2.25. The minimum atomic E-state index is -0.0221. The number of benzene rings is 2. The minimum Gasteiger partial charge on any atom is -0.508 e. The van der Waals surface area contributed by atoms with Gasteiger partial charge in [0.05, 0.1) is 6.61 Å². The molecule has 0 saturated carbocycles. The van der Waals surface area contributed by atoms with Gasteiger partial charge in [0.15, 0.2) is 0 Å². The van der Waals surface area contributed by atoms with Crippen LogP contribution in [-0.4, -0.2) is 30.7 Å². The van der Waals surface area contributed by atoms with Crippen molar-refractivity contribution < 1.29 is 14.6 Å². The van der Waals surface area contributed by atoms with Gasteiger partial charge in [-0.25, -0.2) is 0 Å². The molecule has 1 fully saturated rings. The first kappa shape index (κ1) is 16.9. The van der Waals surface area contributed by atoms with Gasteiger partial charge in [-0.3, -0.25) is 4.79 Å². The van der Waals surface area contributed by atoms with Crippen LogP contribution in [0.1, 0.15) is 40.2 Å². The third kappa shape index (κ3) is 3.53. The van der Waals surface area contributed by atoms with Crippen LogP contribution in [0.15, 0.2) is 42.5 Å². The lowest BCUT2D eigenvalue weighted by Crippen LogP contribution is -2.21. The van der Waals surface area contributed by atoms with Gasteiger partial charge in [0.25, 0.3) is 5.91 Å². The van der Waals surface area contributed by atoms with Crippen LogP contribution in [0.25, 0.3) is 0 Å². The molecular weight excluding hydrogens is 328 g/mol. The summed E-state index contributed by atoms with van der Waals surface area (Å²) in [5.41, 5.74) is 3.00. The summed E-state index contributed by atoms with van der Waals surface area (Å²) < 4.78 is 6.09. The van der Waals surface area contributed by atoms with E-state index < -0.39 is 0 Å². The Balaban J connectivity index is 1.48. The Kier molecular flexibility index (Phi) is 4.80. The number of hydrogen-bond acceptors (Lipinski definition) is 4. The van der Waals surface area contributed by atoms with Crippen LogP contribution in [0.4, 0.5) is 0 Å². The molecule has 26 heavy (non-hydrogen) atoms. The molecule has 2 aliphatic heterocycles. The highest BCUT2D eigenvalue weighted by atomic mass is 16.5. The number of aromatic hydroxyl groups is 1. The van der Waals surface area contributed by atoms with Crippen LogP contribution in [0.5, 0.6) is 11.5 Å². The van der Waals surface area contributed by atoms with Gasteiger partial charge in [-0.1, -0.05) is 18.2 Å². The Morgan fingerprint density at radius 3 is 2.73 bits per heavy atom. The first-order chi connectivity index (χ1) is 12.7. The van der Waals surface area contributed by atoms with E-state index >= 15 is 0 Å². The molecule has 0 unspecified atom stereocenters. The maximum atomic E-state index is 11.8. The first-order valence-corrected chi connectivity index (χ1v) is 9.24. The summed E-state index contributed by atoms with van der Waals surface area (Å²) in [4.78, 5) is 11.8. The number of nitrogens with one attached hydrogen (secondary N) is 2. The molecule has 5 heteroatoms. The number of hydrogen-bond donors (Lipinski definition) is 3. The highest BCUT2D eigenvalue weighted by molar-refractivity contribution is 5.98. The zero-order valence-electron chi connectivity index (χ0n) is 14.7. The number of amides is 1. The molecule has 2 aromatic carbocycles. The molecule has 3 N–H and O–H groups in total. The zero-order chi connectivity index (χ0) is 17.9. The molecule has 2 atom stereocenters. The predicted octanol–water partition coefficient (Wildman–Crippen LogP) is 2.80. The summed E-state index contributed by atoms with van der Waals surface area (Å²) in [6.45, 7) is 3.19. The van der Waals surface area contributed by atoms with Crippen molar-refractivity contribution >= 4 is 5.91 Å². The van der Waals surface area contributed by atoms with Crippen molar-refractivity contribution in [2.24, 2.45) is 5.92 Å². The van der Waals surface area contributed by atoms with Crippen molar-refractivity contribution in [1.29, 1.82) is 0 Å². The molecule has 0 spiro atoms. The fraction of sp³-hybridized carbons (Fsp3) is 0.381. The van der Waals surface area contributed by atoms with Gasteiger partial charge in [-0.05, 0) is 67.2 Å². The monoisotopic (exact) mass is 352 g/mol. The Morgan fingerprint density at radius 1 is 1.08 bits per heavy atom. The number of fused-ring (bicyclic) bond motifs is 1. The number of ether oxygens (including phenoxy) is 1. The van der Waals surface area contributed by atoms with Crippen molar-refractivity contribution in [2.45, 2.75) is 25.3 Å². The van der Waals surface area contributed by atoms with Gasteiger partial charge < -0.3 is 20.5 Å². The molecule has 2 aliphatic rings. The van der Waals surface area contributed by atoms with Crippen LogP contribution in [0, 0.1) is 5.92 Å². The maximum absolute atomic E-state index is 11.8. The molecule has 0 aromatic heterocycles. The maximum Gasteiger partial charge on any atom is 0.252 e. The summed E-state index contributed by atoms with van der Waals surface area (Å²) in [5.74, 6) is 1.80. The SMILES string of the molecule is O=C1NCc2ccc(OC[C@@H]3CCNCC[C@H]3c3ccc(O)cc3)cc21. The van der Waals surface area contributed by atoms with Crippen molar-refractivity contribution in [3.05, 3.63) is 59.2 Å². The Bertz CT molecular complexity index is 788. The molecule has 2 aromatic rings. The van der Waals surface area contributed by atoms with Crippen molar-refractivity contribution in [3.63, 3.8) is 0 Å². The predicted molar refractivity (Wildman–Crippen MR) is 99.5 cm³/mol. The van der Waals surface area contributed by atoms with E-state index in [1.54, 1.807) is 12.1 Å². The second kappa shape index (κ2) is 7.38.